The number of aromatic nitrogens is 2. The molecule has 2 rings (SSSR count). The number of thiazole rings is 1. The van der Waals surface area contributed by atoms with E-state index in [1.54, 1.807) is 17.5 Å². The van der Waals surface area contributed by atoms with E-state index in [-0.39, 0.29) is 0 Å². The lowest BCUT2D eigenvalue weighted by molar-refractivity contribution is 0.885. The van der Waals surface area contributed by atoms with E-state index in [0.29, 0.717) is 10.9 Å². The fourth-order valence-corrected chi connectivity index (χ4v) is 2.18. The van der Waals surface area contributed by atoms with Crippen molar-refractivity contribution in [3.63, 3.8) is 0 Å². The van der Waals surface area contributed by atoms with Crippen molar-refractivity contribution in [2.45, 2.75) is 19.8 Å². The van der Waals surface area contributed by atoms with E-state index in [1.165, 1.54) is 4.88 Å². The Morgan fingerprint density at radius 2 is 2.00 bits per heavy atom. The van der Waals surface area contributed by atoms with E-state index in [0.717, 1.165) is 10.7 Å². The van der Waals surface area contributed by atoms with Gasteiger partial charge in [0.25, 0.3) is 0 Å². The Balaban J connectivity index is 2.33. The largest absolute Gasteiger partial charge is 0.252 e. The lowest BCUT2D eigenvalue weighted by Crippen LogP contribution is -1.79. The zero-order valence-electron chi connectivity index (χ0n) is 8.57. The summed E-state index contributed by atoms with van der Waals surface area (Å²) >= 11 is 7.46. The van der Waals surface area contributed by atoms with Gasteiger partial charge in [-0.2, -0.15) is 0 Å². The molecule has 0 N–H and O–H groups in total. The zero-order chi connectivity index (χ0) is 10.8. The maximum absolute atomic E-state index is 5.78. The second-order valence-corrected chi connectivity index (χ2v) is 5.08. The van der Waals surface area contributed by atoms with E-state index in [4.69, 9.17) is 11.6 Å². The second-order valence-electron chi connectivity index (χ2n) is 3.58. The van der Waals surface area contributed by atoms with Gasteiger partial charge in [-0.3, -0.25) is 4.98 Å². The summed E-state index contributed by atoms with van der Waals surface area (Å²) in [7, 11) is 0. The molecule has 0 aromatic carbocycles. The van der Waals surface area contributed by atoms with Crippen LogP contribution in [0.25, 0.3) is 10.7 Å². The second kappa shape index (κ2) is 4.29. The summed E-state index contributed by atoms with van der Waals surface area (Å²) in [6.45, 7) is 4.32. The summed E-state index contributed by atoms with van der Waals surface area (Å²) in [6.07, 6.45) is 3.56. The third-order valence-electron chi connectivity index (χ3n) is 2.04. The van der Waals surface area contributed by atoms with E-state index in [2.05, 4.69) is 23.8 Å². The molecule has 2 heterocycles. The first-order valence-corrected chi connectivity index (χ1v) is 5.94. The molecule has 0 unspecified atom stereocenters. The van der Waals surface area contributed by atoms with Gasteiger partial charge < -0.3 is 0 Å². The lowest BCUT2D eigenvalue weighted by Gasteiger charge is -1.97. The molecule has 0 aliphatic heterocycles. The first-order valence-electron chi connectivity index (χ1n) is 4.74. The molecule has 78 valence electrons. The van der Waals surface area contributed by atoms with Crippen LogP contribution in [0.1, 0.15) is 24.6 Å². The summed E-state index contributed by atoms with van der Waals surface area (Å²) in [6, 6.07) is 3.73. The van der Waals surface area contributed by atoms with Crippen molar-refractivity contribution < 1.29 is 0 Å². The van der Waals surface area contributed by atoms with Crippen molar-refractivity contribution >= 4 is 22.9 Å². The molecule has 0 fully saturated rings. The van der Waals surface area contributed by atoms with Gasteiger partial charge in [0.1, 0.15) is 5.01 Å². The molecular weight excluding hydrogens is 228 g/mol. The maximum atomic E-state index is 5.78. The SMILES string of the molecule is CC(C)c1cnc(-c2ccc(Cl)cn2)s1. The minimum atomic E-state index is 0.517. The minimum Gasteiger partial charge on any atom is -0.252 e. The van der Waals surface area contributed by atoms with Crippen LogP contribution in [0.2, 0.25) is 5.02 Å². The lowest BCUT2D eigenvalue weighted by atomic mass is 10.2. The molecule has 4 heteroatoms. The fraction of sp³-hybridized carbons (Fsp3) is 0.273. The first-order chi connectivity index (χ1) is 7.16. The Kier molecular flexibility index (Phi) is 3.03. The highest BCUT2D eigenvalue weighted by molar-refractivity contribution is 7.15. The van der Waals surface area contributed by atoms with E-state index in [9.17, 15) is 0 Å². The zero-order valence-corrected chi connectivity index (χ0v) is 10.1. The van der Waals surface area contributed by atoms with E-state index < -0.39 is 0 Å². The first kappa shape index (κ1) is 10.6. The molecule has 15 heavy (non-hydrogen) atoms. The van der Waals surface area contributed by atoms with Crippen LogP contribution in [-0.2, 0) is 0 Å². The molecule has 2 nitrogen and oxygen atoms in total. The van der Waals surface area contributed by atoms with Crippen LogP contribution in [0.3, 0.4) is 0 Å². The van der Waals surface area contributed by atoms with Crippen molar-refractivity contribution in [1.82, 2.24) is 9.97 Å². The van der Waals surface area contributed by atoms with Gasteiger partial charge in [0.2, 0.25) is 0 Å². The maximum Gasteiger partial charge on any atom is 0.142 e. The quantitative estimate of drug-likeness (QED) is 0.791. The van der Waals surface area contributed by atoms with Crippen LogP contribution in [-0.4, -0.2) is 9.97 Å². The summed E-state index contributed by atoms with van der Waals surface area (Å²) in [5, 5.41) is 1.61. The van der Waals surface area contributed by atoms with E-state index in [1.807, 2.05) is 18.3 Å². The third-order valence-corrected chi connectivity index (χ3v) is 3.58. The normalized spacial score (nSPS) is 10.9. The van der Waals surface area contributed by atoms with Gasteiger partial charge in [-0.15, -0.1) is 11.3 Å². The average molecular weight is 239 g/mol. The number of pyridine rings is 1. The molecule has 0 aliphatic rings. The van der Waals surface area contributed by atoms with Crippen molar-refractivity contribution in [2.75, 3.05) is 0 Å². The topological polar surface area (TPSA) is 25.8 Å². The summed E-state index contributed by atoms with van der Waals surface area (Å²) in [4.78, 5) is 9.87. The van der Waals surface area contributed by atoms with Crippen LogP contribution in [0, 0.1) is 0 Å². The van der Waals surface area contributed by atoms with Gasteiger partial charge in [0, 0.05) is 17.3 Å². The summed E-state index contributed by atoms with van der Waals surface area (Å²) in [5.41, 5.74) is 0.885. The number of rotatable bonds is 2. The summed E-state index contributed by atoms with van der Waals surface area (Å²) in [5.74, 6) is 0.517. The van der Waals surface area contributed by atoms with Crippen LogP contribution in [0.15, 0.2) is 24.5 Å². The average Bonchev–Trinajstić information content (AvgIpc) is 2.68. The van der Waals surface area contributed by atoms with Gasteiger partial charge in [0.05, 0.1) is 10.7 Å². The molecule has 0 saturated heterocycles. The number of halogens is 1. The molecular formula is C11H11ClN2S. The predicted molar refractivity (Wildman–Crippen MR) is 64.4 cm³/mol. The van der Waals surface area contributed by atoms with Crippen LogP contribution in [0.4, 0.5) is 0 Å². The molecule has 2 aromatic rings. The highest BCUT2D eigenvalue weighted by Gasteiger charge is 2.07. The fourth-order valence-electron chi connectivity index (χ4n) is 1.17. The van der Waals surface area contributed by atoms with Crippen molar-refractivity contribution in [2.24, 2.45) is 0 Å². The van der Waals surface area contributed by atoms with Crippen LogP contribution in [0.5, 0.6) is 0 Å². The Morgan fingerprint density at radius 3 is 2.53 bits per heavy atom. The van der Waals surface area contributed by atoms with Gasteiger partial charge in [-0.25, -0.2) is 4.98 Å². The standard InChI is InChI=1S/C11H11ClN2S/c1-7(2)10-6-14-11(15-10)9-4-3-8(12)5-13-9/h3-7H,1-2H3. The van der Waals surface area contributed by atoms with E-state index >= 15 is 0 Å². The van der Waals surface area contributed by atoms with Crippen LogP contribution >= 0.6 is 22.9 Å². The molecule has 0 amide bonds. The van der Waals surface area contributed by atoms with Gasteiger partial charge >= 0.3 is 0 Å². The highest BCUT2D eigenvalue weighted by Crippen LogP contribution is 2.28. The predicted octanol–water partition coefficient (Wildman–Crippen LogP) is 3.98. The van der Waals surface area contributed by atoms with Crippen LogP contribution < -0.4 is 0 Å². The molecule has 0 saturated carbocycles. The number of nitrogens with zero attached hydrogens (tertiary/aromatic N) is 2. The third kappa shape index (κ3) is 2.36. The number of hydrogen-bond acceptors (Lipinski definition) is 3. The molecule has 0 atom stereocenters. The minimum absolute atomic E-state index is 0.517. The van der Waals surface area contributed by atoms with Gasteiger partial charge in [-0.05, 0) is 18.1 Å². The van der Waals surface area contributed by atoms with Gasteiger partial charge in [0.15, 0.2) is 0 Å². The molecule has 2 aromatic heterocycles. The highest BCUT2D eigenvalue weighted by atomic mass is 35.5. The molecule has 0 aliphatic carbocycles. The Morgan fingerprint density at radius 1 is 1.20 bits per heavy atom. The molecule has 0 spiro atoms. The Bertz CT molecular complexity index is 448. The smallest absolute Gasteiger partial charge is 0.142 e. The summed E-state index contributed by atoms with van der Waals surface area (Å²) < 4.78 is 0. The van der Waals surface area contributed by atoms with Crippen molar-refractivity contribution in [1.29, 1.82) is 0 Å². The Labute approximate surface area is 98.0 Å². The van der Waals surface area contributed by atoms with Crippen molar-refractivity contribution in [3.8, 4) is 10.7 Å². The molecule has 0 bridgehead atoms. The van der Waals surface area contributed by atoms with Gasteiger partial charge in [-0.1, -0.05) is 25.4 Å². The Hall–Kier alpha value is -0.930. The number of hydrogen-bond donors (Lipinski definition) is 0. The van der Waals surface area contributed by atoms with Crippen molar-refractivity contribution in [3.05, 3.63) is 34.4 Å². The molecule has 0 radical (unpaired) electrons. The monoisotopic (exact) mass is 238 g/mol.